The highest BCUT2D eigenvalue weighted by Gasteiger charge is 2.55. The van der Waals surface area contributed by atoms with E-state index in [1.165, 1.54) is 0 Å². The van der Waals surface area contributed by atoms with Crippen LogP contribution in [-0.4, -0.2) is 41.9 Å². The number of hydrogen-bond acceptors (Lipinski definition) is 4. The molecule has 3 rings (SSSR count). The number of rotatable bonds is 5. The van der Waals surface area contributed by atoms with Crippen LogP contribution in [0.3, 0.4) is 0 Å². The van der Waals surface area contributed by atoms with Gasteiger partial charge < -0.3 is 15.4 Å². The van der Waals surface area contributed by atoms with Crippen LogP contribution < -0.4 is 15.4 Å². The molecular formula is C19H25N3O4. The third-order valence-corrected chi connectivity index (χ3v) is 5.43. The molecule has 1 heterocycles. The zero-order chi connectivity index (χ0) is 18.7. The van der Waals surface area contributed by atoms with Crippen LogP contribution in [0.25, 0.3) is 0 Å². The average molecular weight is 359 g/mol. The van der Waals surface area contributed by atoms with Crippen molar-refractivity contribution in [3.8, 4) is 5.75 Å². The van der Waals surface area contributed by atoms with E-state index in [-0.39, 0.29) is 24.3 Å². The molecule has 1 aliphatic heterocycles. The molecule has 2 aliphatic rings. The summed E-state index contributed by atoms with van der Waals surface area (Å²) < 4.78 is 5.15. The molecule has 140 valence electrons. The van der Waals surface area contributed by atoms with Gasteiger partial charge in [-0.1, -0.05) is 31.9 Å². The van der Waals surface area contributed by atoms with Crippen LogP contribution in [0.5, 0.6) is 5.75 Å². The largest absolute Gasteiger partial charge is 0.497 e. The molecule has 2 atom stereocenters. The monoisotopic (exact) mass is 359 g/mol. The van der Waals surface area contributed by atoms with Crippen LogP contribution in [0.4, 0.5) is 4.79 Å². The Morgan fingerprint density at radius 2 is 2.19 bits per heavy atom. The predicted octanol–water partition coefficient (Wildman–Crippen LogP) is 1.81. The number of ether oxygens (including phenoxy) is 1. The minimum absolute atomic E-state index is 0.0811. The van der Waals surface area contributed by atoms with E-state index in [0.717, 1.165) is 29.7 Å². The first kappa shape index (κ1) is 18.2. The summed E-state index contributed by atoms with van der Waals surface area (Å²) in [5.74, 6) is 0.152. The summed E-state index contributed by atoms with van der Waals surface area (Å²) in [6.45, 7) is 2.04. The third-order valence-electron chi connectivity index (χ3n) is 5.43. The number of nitrogens with zero attached hydrogens (tertiary/aromatic N) is 1. The van der Waals surface area contributed by atoms with Gasteiger partial charge in [-0.3, -0.25) is 14.5 Å². The molecule has 1 aliphatic carbocycles. The van der Waals surface area contributed by atoms with Crippen molar-refractivity contribution in [2.45, 2.75) is 44.7 Å². The lowest BCUT2D eigenvalue weighted by atomic mass is 9.73. The maximum Gasteiger partial charge on any atom is 0.325 e. The minimum atomic E-state index is -0.831. The lowest BCUT2D eigenvalue weighted by Crippen LogP contribution is -2.54. The first-order valence-corrected chi connectivity index (χ1v) is 9.00. The highest BCUT2D eigenvalue weighted by molar-refractivity contribution is 6.09. The van der Waals surface area contributed by atoms with E-state index in [1.807, 2.05) is 31.2 Å². The Morgan fingerprint density at radius 1 is 1.38 bits per heavy atom. The summed E-state index contributed by atoms with van der Waals surface area (Å²) in [5, 5.41) is 5.61. The summed E-state index contributed by atoms with van der Waals surface area (Å²) in [6.07, 6.45) is 3.52. The van der Waals surface area contributed by atoms with Crippen molar-refractivity contribution in [2.24, 2.45) is 5.92 Å². The molecule has 0 radical (unpaired) electrons. The van der Waals surface area contributed by atoms with Gasteiger partial charge in [0.15, 0.2) is 0 Å². The van der Waals surface area contributed by atoms with Gasteiger partial charge in [0.2, 0.25) is 5.91 Å². The number of nitrogens with one attached hydrogen (secondary N) is 2. The van der Waals surface area contributed by atoms with Gasteiger partial charge >= 0.3 is 6.03 Å². The fourth-order valence-electron chi connectivity index (χ4n) is 3.82. The van der Waals surface area contributed by atoms with E-state index >= 15 is 0 Å². The molecule has 2 N–H and O–H groups in total. The maximum absolute atomic E-state index is 12.8. The van der Waals surface area contributed by atoms with E-state index in [2.05, 4.69) is 10.6 Å². The molecule has 1 saturated heterocycles. The van der Waals surface area contributed by atoms with E-state index in [1.54, 1.807) is 7.11 Å². The molecule has 2 fully saturated rings. The van der Waals surface area contributed by atoms with Crippen LogP contribution in [0, 0.1) is 5.92 Å². The average Bonchev–Trinajstić information content (AvgIpc) is 2.88. The molecule has 26 heavy (non-hydrogen) atoms. The number of amides is 4. The molecule has 1 saturated carbocycles. The van der Waals surface area contributed by atoms with Crippen molar-refractivity contribution in [1.82, 2.24) is 15.5 Å². The van der Waals surface area contributed by atoms with E-state index in [0.29, 0.717) is 18.7 Å². The fourth-order valence-corrected chi connectivity index (χ4v) is 3.82. The van der Waals surface area contributed by atoms with Gasteiger partial charge in [-0.25, -0.2) is 4.79 Å². The Kier molecular flexibility index (Phi) is 5.15. The Morgan fingerprint density at radius 3 is 2.92 bits per heavy atom. The lowest BCUT2D eigenvalue weighted by molar-refractivity contribution is -0.137. The third kappa shape index (κ3) is 3.38. The first-order chi connectivity index (χ1) is 12.5. The van der Waals surface area contributed by atoms with Crippen molar-refractivity contribution >= 4 is 17.8 Å². The summed E-state index contributed by atoms with van der Waals surface area (Å²) in [7, 11) is 1.58. The fraction of sp³-hybridized carbons (Fsp3) is 0.526. The number of urea groups is 1. The second-order valence-corrected chi connectivity index (χ2v) is 7.07. The van der Waals surface area contributed by atoms with Gasteiger partial charge in [0.25, 0.3) is 5.91 Å². The van der Waals surface area contributed by atoms with Crippen molar-refractivity contribution in [3.05, 3.63) is 29.8 Å². The maximum atomic E-state index is 12.8. The summed E-state index contributed by atoms with van der Waals surface area (Å²) >= 11 is 0. The highest BCUT2D eigenvalue weighted by atomic mass is 16.5. The Balaban J connectivity index is 1.60. The SMILES string of the molecule is COc1cccc(CNC(=O)CN2C(=O)N[C@]3(CCCC[C@H]3C)C2=O)c1. The van der Waals surface area contributed by atoms with Crippen molar-refractivity contribution in [1.29, 1.82) is 0 Å². The van der Waals surface area contributed by atoms with Crippen molar-refractivity contribution < 1.29 is 19.1 Å². The summed E-state index contributed by atoms with van der Waals surface area (Å²) in [4.78, 5) is 38.4. The van der Waals surface area contributed by atoms with Crippen LogP contribution >= 0.6 is 0 Å². The van der Waals surface area contributed by atoms with Gasteiger partial charge in [-0.05, 0) is 36.5 Å². The Hall–Kier alpha value is -2.57. The molecule has 1 aromatic rings. The Bertz CT molecular complexity index is 720. The first-order valence-electron chi connectivity index (χ1n) is 9.00. The minimum Gasteiger partial charge on any atom is -0.497 e. The lowest BCUT2D eigenvalue weighted by Gasteiger charge is -2.36. The molecule has 0 unspecified atom stereocenters. The number of carbonyl (C=O) groups excluding carboxylic acids is 3. The number of hydrogen-bond donors (Lipinski definition) is 2. The number of methoxy groups -OCH3 is 1. The van der Waals surface area contributed by atoms with Gasteiger partial charge in [-0.2, -0.15) is 0 Å². The molecular weight excluding hydrogens is 334 g/mol. The second-order valence-electron chi connectivity index (χ2n) is 7.07. The number of carbonyl (C=O) groups is 3. The number of imide groups is 1. The zero-order valence-electron chi connectivity index (χ0n) is 15.2. The smallest absolute Gasteiger partial charge is 0.325 e. The molecule has 1 spiro atoms. The second kappa shape index (κ2) is 7.35. The van der Waals surface area contributed by atoms with Crippen LogP contribution in [0.1, 0.15) is 38.2 Å². The molecule has 1 aromatic carbocycles. The molecule has 4 amide bonds. The standard InChI is InChI=1S/C19H25N3O4/c1-13-6-3-4-9-19(13)17(24)22(18(25)21-19)12-16(23)20-11-14-7-5-8-15(10-14)26-2/h5,7-8,10,13H,3-4,6,9,11-12H2,1-2H3,(H,20,23)(H,21,25)/t13-,19+/m1/s1. The topological polar surface area (TPSA) is 87.7 Å². The molecule has 7 heteroatoms. The Labute approximate surface area is 153 Å². The number of benzene rings is 1. The van der Waals surface area contributed by atoms with Crippen LogP contribution in [-0.2, 0) is 16.1 Å². The molecule has 0 bridgehead atoms. The van der Waals surface area contributed by atoms with E-state index in [9.17, 15) is 14.4 Å². The van der Waals surface area contributed by atoms with Gasteiger partial charge in [-0.15, -0.1) is 0 Å². The quantitative estimate of drug-likeness (QED) is 0.785. The summed E-state index contributed by atoms with van der Waals surface area (Å²) in [5.41, 5.74) is 0.0508. The predicted molar refractivity (Wildman–Crippen MR) is 95.4 cm³/mol. The van der Waals surface area contributed by atoms with Gasteiger partial charge in [0, 0.05) is 6.54 Å². The van der Waals surface area contributed by atoms with Crippen LogP contribution in [0.2, 0.25) is 0 Å². The van der Waals surface area contributed by atoms with Gasteiger partial charge in [0.05, 0.1) is 7.11 Å². The molecule has 7 nitrogen and oxygen atoms in total. The van der Waals surface area contributed by atoms with E-state index in [4.69, 9.17) is 4.74 Å². The van der Waals surface area contributed by atoms with Crippen molar-refractivity contribution in [3.63, 3.8) is 0 Å². The van der Waals surface area contributed by atoms with Gasteiger partial charge in [0.1, 0.15) is 17.8 Å². The summed E-state index contributed by atoms with van der Waals surface area (Å²) in [6, 6.07) is 6.89. The zero-order valence-corrected chi connectivity index (χ0v) is 15.2. The highest BCUT2D eigenvalue weighted by Crippen LogP contribution is 2.38. The molecule has 0 aromatic heterocycles. The normalized spacial score (nSPS) is 25.3. The van der Waals surface area contributed by atoms with E-state index < -0.39 is 11.6 Å². The van der Waals surface area contributed by atoms with Crippen LogP contribution in [0.15, 0.2) is 24.3 Å². The van der Waals surface area contributed by atoms with Crippen molar-refractivity contribution in [2.75, 3.05) is 13.7 Å².